The minimum Gasteiger partial charge on any atom is -0.402 e. The first-order valence-corrected chi connectivity index (χ1v) is 6.21. The summed E-state index contributed by atoms with van der Waals surface area (Å²) in [6.45, 7) is 5.55. The van der Waals surface area contributed by atoms with Crippen molar-refractivity contribution < 1.29 is 17.9 Å². The molecule has 0 atom stereocenters. The van der Waals surface area contributed by atoms with Gasteiger partial charge in [0.25, 0.3) is 0 Å². The monoisotopic (exact) mass is 302 g/mol. The van der Waals surface area contributed by atoms with Gasteiger partial charge in [-0.2, -0.15) is 0 Å². The molecule has 0 amide bonds. The van der Waals surface area contributed by atoms with Crippen LogP contribution in [0.3, 0.4) is 0 Å². The van der Waals surface area contributed by atoms with Crippen LogP contribution in [0.4, 0.5) is 19.0 Å². The van der Waals surface area contributed by atoms with Crippen molar-refractivity contribution in [2.45, 2.75) is 39.6 Å². The molecule has 116 valence electrons. The molecule has 21 heavy (non-hydrogen) atoms. The maximum atomic E-state index is 12.2. The molecule has 0 bridgehead atoms. The zero-order valence-electron chi connectivity index (χ0n) is 12.0. The number of nitrogens with zero attached hydrogens (tertiary/aromatic N) is 2. The van der Waals surface area contributed by atoms with Crippen molar-refractivity contribution in [1.29, 1.82) is 5.41 Å². The third-order valence-corrected chi connectivity index (χ3v) is 2.37. The molecule has 0 aromatic carbocycles. The summed E-state index contributed by atoms with van der Waals surface area (Å²) in [7, 11) is 0. The maximum absolute atomic E-state index is 12.2. The molecule has 0 saturated carbocycles. The quantitative estimate of drug-likeness (QED) is 0.819. The van der Waals surface area contributed by atoms with Crippen LogP contribution in [-0.4, -0.2) is 28.8 Å². The minimum absolute atomic E-state index is 0.0893. The van der Waals surface area contributed by atoms with E-state index in [2.05, 4.69) is 14.7 Å². The first-order valence-electron chi connectivity index (χ1n) is 6.21. The summed E-state index contributed by atoms with van der Waals surface area (Å²) in [4.78, 5) is 7.89. The molecule has 3 N–H and O–H groups in total. The highest BCUT2D eigenvalue weighted by Crippen LogP contribution is 2.27. The molecule has 8 heteroatoms. The number of aromatic nitrogens is 1. The van der Waals surface area contributed by atoms with Crippen LogP contribution in [0.25, 0.3) is 0 Å². The van der Waals surface area contributed by atoms with Gasteiger partial charge in [0.1, 0.15) is 0 Å². The Bertz CT molecular complexity index is 553. The van der Waals surface area contributed by atoms with E-state index in [9.17, 15) is 13.2 Å². The molecule has 0 aliphatic rings. The van der Waals surface area contributed by atoms with Gasteiger partial charge in [0.05, 0.1) is 0 Å². The van der Waals surface area contributed by atoms with Crippen molar-refractivity contribution in [3.63, 3.8) is 0 Å². The average Bonchev–Trinajstić information content (AvgIpc) is 2.28. The number of alkyl halides is 3. The molecular formula is C13H17F3N4O. The van der Waals surface area contributed by atoms with Crippen LogP contribution in [0.15, 0.2) is 17.3 Å². The van der Waals surface area contributed by atoms with E-state index >= 15 is 0 Å². The van der Waals surface area contributed by atoms with Crippen molar-refractivity contribution in [3.8, 4) is 5.75 Å². The third kappa shape index (κ3) is 5.80. The molecular weight excluding hydrogens is 285 g/mol. The summed E-state index contributed by atoms with van der Waals surface area (Å²) in [5.74, 6) is -0.986. The van der Waals surface area contributed by atoms with Crippen LogP contribution < -0.4 is 10.5 Å². The van der Waals surface area contributed by atoms with E-state index in [1.165, 1.54) is 6.20 Å². The fraction of sp³-hybridized carbons (Fsp3) is 0.462. The lowest BCUT2D eigenvalue weighted by molar-refractivity contribution is -0.274. The van der Waals surface area contributed by atoms with Gasteiger partial charge in [-0.25, -0.2) is 4.98 Å². The molecule has 1 rings (SSSR count). The molecule has 0 aliphatic carbocycles. The van der Waals surface area contributed by atoms with Crippen LogP contribution in [0, 0.1) is 5.41 Å². The van der Waals surface area contributed by atoms with Crippen LogP contribution in [0.1, 0.15) is 32.8 Å². The molecule has 0 saturated heterocycles. The van der Waals surface area contributed by atoms with E-state index < -0.39 is 12.1 Å². The van der Waals surface area contributed by atoms with Gasteiger partial charge in [0, 0.05) is 35.6 Å². The number of nitrogen functional groups attached to an aromatic ring is 1. The summed E-state index contributed by atoms with van der Waals surface area (Å²) >= 11 is 0. The average molecular weight is 302 g/mol. The highest BCUT2D eigenvalue weighted by Gasteiger charge is 2.32. The minimum atomic E-state index is -4.86. The van der Waals surface area contributed by atoms with Gasteiger partial charge in [0.15, 0.2) is 11.6 Å². The highest BCUT2D eigenvalue weighted by atomic mass is 19.4. The largest absolute Gasteiger partial charge is 0.573 e. The van der Waals surface area contributed by atoms with Crippen LogP contribution in [0.2, 0.25) is 0 Å². The zero-order valence-corrected chi connectivity index (χ0v) is 12.0. The number of hydrogen-bond donors (Lipinski definition) is 2. The van der Waals surface area contributed by atoms with Crippen LogP contribution >= 0.6 is 0 Å². The molecule has 1 aromatic heterocycles. The number of hydrogen-bond acceptors (Lipinski definition) is 5. The summed E-state index contributed by atoms with van der Waals surface area (Å²) in [5, 5.41) is 7.90. The predicted octanol–water partition coefficient (Wildman–Crippen LogP) is 3.19. The molecule has 1 aromatic rings. The lowest BCUT2D eigenvalue weighted by atomic mass is 10.1. The first-order chi connectivity index (χ1) is 9.58. The lowest BCUT2D eigenvalue weighted by Crippen LogP contribution is -2.19. The van der Waals surface area contributed by atoms with Crippen molar-refractivity contribution in [3.05, 3.63) is 17.8 Å². The van der Waals surface area contributed by atoms with Crippen molar-refractivity contribution >= 4 is 17.2 Å². The van der Waals surface area contributed by atoms with Gasteiger partial charge in [-0.3, -0.25) is 4.99 Å². The number of aliphatic imine (C=N–C) groups is 1. The molecule has 0 spiro atoms. The van der Waals surface area contributed by atoms with Gasteiger partial charge in [-0.1, -0.05) is 0 Å². The van der Waals surface area contributed by atoms with Gasteiger partial charge in [-0.15, -0.1) is 13.2 Å². The van der Waals surface area contributed by atoms with Crippen molar-refractivity contribution in [2.24, 2.45) is 4.99 Å². The van der Waals surface area contributed by atoms with Gasteiger partial charge < -0.3 is 15.9 Å². The van der Waals surface area contributed by atoms with Gasteiger partial charge in [0.2, 0.25) is 0 Å². The Morgan fingerprint density at radius 2 is 2.10 bits per heavy atom. The number of nitrogens with two attached hydrogens (primary N) is 1. The number of anilines is 1. The van der Waals surface area contributed by atoms with Gasteiger partial charge >= 0.3 is 6.36 Å². The summed E-state index contributed by atoms with van der Waals surface area (Å²) in [6.07, 6.45) is -3.40. The summed E-state index contributed by atoms with van der Waals surface area (Å²) < 4.78 is 40.5. The van der Waals surface area contributed by atoms with E-state index in [1.807, 2.05) is 13.8 Å². The normalized spacial score (nSPS) is 12.6. The fourth-order valence-electron chi connectivity index (χ4n) is 1.67. The second-order valence-electron chi connectivity index (χ2n) is 4.77. The molecule has 0 fully saturated rings. The summed E-state index contributed by atoms with van der Waals surface area (Å²) in [5.41, 5.74) is 6.35. The second kappa shape index (κ2) is 6.55. The third-order valence-electron chi connectivity index (χ3n) is 2.37. The maximum Gasteiger partial charge on any atom is 0.573 e. The molecule has 0 unspecified atom stereocenters. The zero-order chi connectivity index (χ0) is 16.2. The van der Waals surface area contributed by atoms with E-state index in [4.69, 9.17) is 11.1 Å². The standard InChI is InChI=1S/C13H17F3N4O/c1-7(2)20-8(3)4-10(17)9-5-11(12(18)19-6-9)21-13(14,15)16/h5-7,17H,4H2,1-3H3,(H2,18,19). The van der Waals surface area contributed by atoms with E-state index in [1.54, 1.807) is 6.92 Å². The van der Waals surface area contributed by atoms with Crippen LogP contribution in [-0.2, 0) is 0 Å². The number of halogens is 3. The molecule has 5 nitrogen and oxygen atoms in total. The Labute approximate surface area is 120 Å². The molecule has 0 radical (unpaired) electrons. The predicted molar refractivity (Wildman–Crippen MR) is 75.0 cm³/mol. The van der Waals surface area contributed by atoms with E-state index in [0.29, 0.717) is 5.71 Å². The molecule has 1 heterocycles. The van der Waals surface area contributed by atoms with Crippen molar-refractivity contribution in [1.82, 2.24) is 4.98 Å². The number of rotatable bonds is 5. The van der Waals surface area contributed by atoms with E-state index in [0.717, 1.165) is 6.07 Å². The number of ether oxygens (including phenoxy) is 1. The Hall–Kier alpha value is -2.12. The number of pyridine rings is 1. The highest BCUT2D eigenvalue weighted by molar-refractivity contribution is 6.10. The lowest BCUT2D eigenvalue weighted by Gasteiger charge is -2.12. The first kappa shape index (κ1) is 16.9. The Balaban J connectivity index is 2.94. The summed E-state index contributed by atoms with van der Waals surface area (Å²) in [6, 6.07) is 1.15. The van der Waals surface area contributed by atoms with Crippen LogP contribution in [0.5, 0.6) is 5.75 Å². The smallest absolute Gasteiger partial charge is 0.402 e. The fourth-order valence-corrected chi connectivity index (χ4v) is 1.67. The Morgan fingerprint density at radius 3 is 2.62 bits per heavy atom. The van der Waals surface area contributed by atoms with Gasteiger partial charge in [-0.05, 0) is 26.8 Å². The Morgan fingerprint density at radius 1 is 1.48 bits per heavy atom. The second-order valence-corrected chi connectivity index (χ2v) is 4.77. The Kier molecular flexibility index (Phi) is 5.28. The van der Waals surface area contributed by atoms with Crippen molar-refractivity contribution in [2.75, 3.05) is 5.73 Å². The topological polar surface area (TPSA) is 84.4 Å². The number of nitrogens with one attached hydrogen (secondary N) is 1. The SMILES string of the molecule is CC(CC(=N)c1cnc(N)c(OC(F)(F)F)c1)=NC(C)C. The molecule has 0 aliphatic heterocycles. The van der Waals surface area contributed by atoms with E-state index in [-0.39, 0.29) is 29.6 Å².